The molecule has 2 heterocycles. The molecule has 0 aliphatic carbocycles. The van der Waals surface area contributed by atoms with Gasteiger partial charge in [0.25, 0.3) is 0 Å². The summed E-state index contributed by atoms with van der Waals surface area (Å²) in [4.78, 5) is 11.0. The van der Waals surface area contributed by atoms with Gasteiger partial charge in [-0.2, -0.15) is 13.2 Å². The summed E-state index contributed by atoms with van der Waals surface area (Å²) >= 11 is 0. The Hall–Kier alpha value is -1.57. The monoisotopic (exact) mass is 303 g/mol. The van der Waals surface area contributed by atoms with Crippen LogP contribution in [0, 0.1) is 0 Å². The minimum absolute atomic E-state index is 0.156. The first-order chi connectivity index (χ1) is 9.81. The molecule has 1 unspecified atom stereocenters. The molecular formula is C13H20F3N5. The number of alkyl halides is 3. The maximum absolute atomic E-state index is 12.7. The van der Waals surface area contributed by atoms with Crippen molar-refractivity contribution in [1.29, 1.82) is 0 Å². The third-order valence-electron chi connectivity index (χ3n) is 3.84. The van der Waals surface area contributed by atoms with Gasteiger partial charge in [0.2, 0.25) is 5.82 Å². The molecule has 1 aromatic heterocycles. The van der Waals surface area contributed by atoms with E-state index < -0.39 is 12.0 Å². The van der Waals surface area contributed by atoms with Crippen molar-refractivity contribution in [3.63, 3.8) is 0 Å². The molecule has 0 radical (unpaired) electrons. The van der Waals surface area contributed by atoms with Gasteiger partial charge in [-0.05, 0) is 13.3 Å². The van der Waals surface area contributed by atoms with Crippen LogP contribution in [-0.4, -0.2) is 47.1 Å². The molecule has 0 aromatic carbocycles. The van der Waals surface area contributed by atoms with Crippen molar-refractivity contribution in [2.45, 2.75) is 32.5 Å². The molecule has 2 N–H and O–H groups in total. The van der Waals surface area contributed by atoms with Crippen LogP contribution in [0.1, 0.15) is 26.1 Å². The summed E-state index contributed by atoms with van der Waals surface area (Å²) in [5.74, 6) is -1.09. The standard InChI is InChI=1S/C13H20F3N5/c1-3-9(2)20-4-6-21(7-5-20)11-8-10(17)18-12(19-11)13(14,15)16/h8-9H,3-7H2,1-2H3,(H2,17,18,19). The summed E-state index contributed by atoms with van der Waals surface area (Å²) in [6.07, 6.45) is -3.53. The number of aromatic nitrogens is 2. The molecule has 5 nitrogen and oxygen atoms in total. The van der Waals surface area contributed by atoms with Crippen LogP contribution >= 0.6 is 0 Å². The largest absolute Gasteiger partial charge is 0.451 e. The summed E-state index contributed by atoms with van der Waals surface area (Å²) in [7, 11) is 0. The Morgan fingerprint density at radius 3 is 2.38 bits per heavy atom. The Morgan fingerprint density at radius 1 is 1.24 bits per heavy atom. The van der Waals surface area contributed by atoms with E-state index in [1.807, 2.05) is 4.90 Å². The molecule has 118 valence electrons. The van der Waals surface area contributed by atoms with E-state index in [-0.39, 0.29) is 11.6 Å². The van der Waals surface area contributed by atoms with Crippen molar-refractivity contribution in [3.8, 4) is 0 Å². The van der Waals surface area contributed by atoms with Crippen LogP contribution in [0.3, 0.4) is 0 Å². The number of halogens is 3. The molecule has 0 saturated carbocycles. The van der Waals surface area contributed by atoms with Crippen molar-refractivity contribution in [1.82, 2.24) is 14.9 Å². The van der Waals surface area contributed by atoms with Crippen molar-refractivity contribution in [2.24, 2.45) is 0 Å². The first-order valence-electron chi connectivity index (χ1n) is 7.02. The Balaban J connectivity index is 2.12. The Bertz CT molecular complexity index is 483. The van der Waals surface area contributed by atoms with Crippen LogP contribution < -0.4 is 10.6 Å². The van der Waals surface area contributed by atoms with Gasteiger partial charge in [-0.3, -0.25) is 4.90 Å². The zero-order chi connectivity index (χ0) is 15.6. The summed E-state index contributed by atoms with van der Waals surface area (Å²) in [5.41, 5.74) is 5.47. The van der Waals surface area contributed by atoms with Crippen molar-refractivity contribution in [3.05, 3.63) is 11.9 Å². The molecule has 0 bridgehead atoms. The Labute approximate surface area is 122 Å². The highest BCUT2D eigenvalue weighted by atomic mass is 19.4. The summed E-state index contributed by atoms with van der Waals surface area (Å²) < 4.78 is 38.2. The van der Waals surface area contributed by atoms with E-state index in [1.165, 1.54) is 6.07 Å². The van der Waals surface area contributed by atoms with Crippen LogP contribution in [0.4, 0.5) is 24.8 Å². The normalized spacial score (nSPS) is 18.8. The number of nitrogens with zero attached hydrogens (tertiary/aromatic N) is 4. The lowest BCUT2D eigenvalue weighted by Gasteiger charge is -2.38. The van der Waals surface area contributed by atoms with Gasteiger partial charge in [0.1, 0.15) is 11.6 Å². The van der Waals surface area contributed by atoms with Crippen molar-refractivity contribution in [2.75, 3.05) is 36.8 Å². The number of hydrogen-bond acceptors (Lipinski definition) is 5. The summed E-state index contributed by atoms with van der Waals surface area (Å²) in [6, 6.07) is 1.88. The first-order valence-corrected chi connectivity index (χ1v) is 7.02. The van der Waals surface area contributed by atoms with E-state index in [0.717, 1.165) is 19.5 Å². The maximum Gasteiger partial charge on any atom is 0.451 e. The van der Waals surface area contributed by atoms with Gasteiger partial charge in [0.05, 0.1) is 0 Å². The zero-order valence-electron chi connectivity index (χ0n) is 12.2. The van der Waals surface area contributed by atoms with Gasteiger partial charge in [-0.1, -0.05) is 6.92 Å². The molecule has 1 aromatic rings. The number of piperazine rings is 1. The van der Waals surface area contributed by atoms with Crippen molar-refractivity contribution < 1.29 is 13.2 Å². The topological polar surface area (TPSA) is 58.3 Å². The lowest BCUT2D eigenvalue weighted by atomic mass is 10.2. The fourth-order valence-corrected chi connectivity index (χ4v) is 2.39. The lowest BCUT2D eigenvalue weighted by Crippen LogP contribution is -2.49. The number of rotatable bonds is 3. The lowest BCUT2D eigenvalue weighted by molar-refractivity contribution is -0.144. The molecule has 2 rings (SSSR count). The highest BCUT2D eigenvalue weighted by molar-refractivity contribution is 5.47. The number of anilines is 2. The Kier molecular flexibility index (Phi) is 4.55. The smallest absolute Gasteiger partial charge is 0.384 e. The van der Waals surface area contributed by atoms with Gasteiger partial charge in [-0.25, -0.2) is 9.97 Å². The summed E-state index contributed by atoms with van der Waals surface area (Å²) in [6.45, 7) is 7.16. The molecule has 1 aliphatic rings. The molecular weight excluding hydrogens is 283 g/mol. The van der Waals surface area contributed by atoms with Crippen LogP contribution in [0.2, 0.25) is 0 Å². The molecule has 0 spiro atoms. The number of nitrogens with two attached hydrogens (primary N) is 1. The van der Waals surface area contributed by atoms with E-state index in [1.54, 1.807) is 0 Å². The molecule has 1 atom stereocenters. The molecule has 0 amide bonds. The zero-order valence-corrected chi connectivity index (χ0v) is 12.2. The highest BCUT2D eigenvalue weighted by Crippen LogP contribution is 2.29. The van der Waals surface area contributed by atoms with Gasteiger partial charge < -0.3 is 10.6 Å². The predicted octanol–water partition coefficient (Wildman–Crippen LogP) is 2.00. The molecule has 21 heavy (non-hydrogen) atoms. The van der Waals surface area contributed by atoms with Crippen LogP contribution in [0.25, 0.3) is 0 Å². The van der Waals surface area contributed by atoms with Gasteiger partial charge in [0.15, 0.2) is 0 Å². The Morgan fingerprint density at radius 2 is 1.86 bits per heavy atom. The minimum Gasteiger partial charge on any atom is -0.384 e. The van der Waals surface area contributed by atoms with E-state index in [4.69, 9.17) is 5.73 Å². The second-order valence-electron chi connectivity index (χ2n) is 5.25. The third kappa shape index (κ3) is 3.75. The van der Waals surface area contributed by atoms with Crippen LogP contribution in [0.5, 0.6) is 0 Å². The minimum atomic E-state index is -4.58. The van der Waals surface area contributed by atoms with Crippen LogP contribution in [0.15, 0.2) is 6.07 Å². The van der Waals surface area contributed by atoms with Crippen molar-refractivity contribution >= 4 is 11.6 Å². The fourth-order valence-electron chi connectivity index (χ4n) is 2.39. The molecule has 1 saturated heterocycles. The number of hydrogen-bond donors (Lipinski definition) is 1. The molecule has 8 heteroatoms. The van der Waals surface area contributed by atoms with Gasteiger partial charge in [-0.15, -0.1) is 0 Å². The third-order valence-corrected chi connectivity index (χ3v) is 3.84. The average Bonchev–Trinajstić information content (AvgIpc) is 2.45. The van der Waals surface area contributed by atoms with E-state index in [9.17, 15) is 13.2 Å². The quantitative estimate of drug-likeness (QED) is 0.925. The van der Waals surface area contributed by atoms with Crippen LogP contribution in [-0.2, 0) is 6.18 Å². The average molecular weight is 303 g/mol. The molecule has 1 aliphatic heterocycles. The second kappa shape index (κ2) is 6.05. The van der Waals surface area contributed by atoms with E-state index in [0.29, 0.717) is 19.1 Å². The van der Waals surface area contributed by atoms with Gasteiger partial charge in [0, 0.05) is 38.3 Å². The maximum atomic E-state index is 12.7. The van der Waals surface area contributed by atoms with E-state index >= 15 is 0 Å². The number of nitrogen functional groups attached to an aromatic ring is 1. The predicted molar refractivity (Wildman–Crippen MR) is 75.0 cm³/mol. The van der Waals surface area contributed by atoms with E-state index in [2.05, 4.69) is 28.7 Å². The highest BCUT2D eigenvalue weighted by Gasteiger charge is 2.36. The fraction of sp³-hybridized carbons (Fsp3) is 0.692. The first kappa shape index (κ1) is 15.8. The van der Waals surface area contributed by atoms with Gasteiger partial charge >= 0.3 is 6.18 Å². The summed E-state index contributed by atoms with van der Waals surface area (Å²) in [5, 5.41) is 0. The molecule has 1 fully saturated rings. The SMILES string of the molecule is CCC(C)N1CCN(c2cc(N)nc(C(F)(F)F)n2)CC1. The second-order valence-corrected chi connectivity index (χ2v) is 5.25.